The van der Waals surface area contributed by atoms with Crippen molar-refractivity contribution in [3.63, 3.8) is 0 Å². The van der Waals surface area contributed by atoms with E-state index in [2.05, 4.69) is 0 Å². The van der Waals surface area contributed by atoms with Gasteiger partial charge >= 0.3 is 0 Å². The highest BCUT2D eigenvalue weighted by Crippen LogP contribution is 2.21. The molecule has 18 heavy (non-hydrogen) atoms. The fourth-order valence-corrected chi connectivity index (χ4v) is 2.23. The van der Waals surface area contributed by atoms with Gasteiger partial charge in [-0.25, -0.2) is 0 Å². The summed E-state index contributed by atoms with van der Waals surface area (Å²) in [6, 6.07) is 7.26. The molecule has 4 nitrogen and oxygen atoms in total. The number of likely N-dealkylation sites (tertiary alicyclic amines) is 1. The maximum absolute atomic E-state index is 12.4. The molecule has 0 aliphatic carbocycles. The van der Waals surface area contributed by atoms with Gasteiger partial charge in [-0.05, 0) is 31.9 Å². The quantitative estimate of drug-likeness (QED) is 0.886. The fourth-order valence-electron chi connectivity index (χ4n) is 2.23. The average molecular weight is 249 g/mol. The van der Waals surface area contributed by atoms with Gasteiger partial charge in [-0.2, -0.15) is 0 Å². The van der Waals surface area contributed by atoms with Crippen molar-refractivity contribution in [3.8, 4) is 5.75 Å². The van der Waals surface area contributed by atoms with E-state index in [4.69, 9.17) is 4.74 Å². The van der Waals surface area contributed by atoms with Crippen LogP contribution in [0.1, 0.15) is 30.1 Å². The molecule has 0 saturated carbocycles. The van der Waals surface area contributed by atoms with Gasteiger partial charge in [-0.15, -0.1) is 0 Å². The van der Waals surface area contributed by atoms with E-state index in [9.17, 15) is 9.90 Å². The van der Waals surface area contributed by atoms with E-state index in [1.165, 1.54) is 0 Å². The lowest BCUT2D eigenvalue weighted by molar-refractivity contribution is 0.0470. The summed E-state index contributed by atoms with van der Waals surface area (Å²) in [4.78, 5) is 14.1. The summed E-state index contributed by atoms with van der Waals surface area (Å²) in [5, 5.41) is 9.62. The standard InChI is InChI=1S/C14H19NO3/c1-2-18-13-8-4-3-7-12(13)14(17)15-9-5-6-11(16)10-15/h3-4,7-8,11,16H,2,5-6,9-10H2,1H3/t11-/m0/s1. The summed E-state index contributed by atoms with van der Waals surface area (Å²) in [7, 11) is 0. The molecule has 1 heterocycles. The number of carbonyl (C=O) groups excluding carboxylic acids is 1. The number of aliphatic hydroxyl groups excluding tert-OH is 1. The number of amides is 1. The van der Waals surface area contributed by atoms with Crippen LogP contribution < -0.4 is 4.74 Å². The Morgan fingerprint density at radius 1 is 1.50 bits per heavy atom. The molecule has 1 aliphatic heterocycles. The molecule has 4 heteroatoms. The van der Waals surface area contributed by atoms with Gasteiger partial charge in [0.25, 0.3) is 5.91 Å². The van der Waals surface area contributed by atoms with Gasteiger partial charge in [-0.1, -0.05) is 12.1 Å². The minimum absolute atomic E-state index is 0.0576. The van der Waals surface area contributed by atoms with Crippen LogP contribution in [0, 0.1) is 0 Å². The van der Waals surface area contributed by atoms with Gasteiger partial charge in [0.1, 0.15) is 5.75 Å². The SMILES string of the molecule is CCOc1ccccc1C(=O)N1CCC[C@H](O)C1. The number of nitrogens with zero attached hydrogens (tertiary/aromatic N) is 1. The smallest absolute Gasteiger partial charge is 0.257 e. The Morgan fingerprint density at radius 3 is 3.00 bits per heavy atom. The normalized spacial score (nSPS) is 19.7. The molecule has 1 aliphatic rings. The van der Waals surface area contributed by atoms with Crippen LogP contribution >= 0.6 is 0 Å². The highest BCUT2D eigenvalue weighted by Gasteiger charge is 2.24. The first-order valence-electron chi connectivity index (χ1n) is 6.41. The van der Waals surface area contributed by atoms with Gasteiger partial charge in [0.15, 0.2) is 0 Å². The molecule has 98 valence electrons. The number of rotatable bonds is 3. The van der Waals surface area contributed by atoms with Crippen molar-refractivity contribution in [2.45, 2.75) is 25.9 Å². The Kier molecular flexibility index (Phi) is 4.20. The van der Waals surface area contributed by atoms with Crippen molar-refractivity contribution in [1.29, 1.82) is 0 Å². The van der Waals surface area contributed by atoms with Gasteiger partial charge in [0.2, 0.25) is 0 Å². The highest BCUT2D eigenvalue weighted by atomic mass is 16.5. The van der Waals surface area contributed by atoms with E-state index in [1.54, 1.807) is 17.0 Å². The summed E-state index contributed by atoms with van der Waals surface area (Å²) < 4.78 is 5.47. The molecule has 0 aromatic heterocycles. The minimum Gasteiger partial charge on any atom is -0.493 e. The lowest BCUT2D eigenvalue weighted by Gasteiger charge is -2.30. The zero-order chi connectivity index (χ0) is 13.0. The van der Waals surface area contributed by atoms with Gasteiger partial charge in [0, 0.05) is 13.1 Å². The van der Waals surface area contributed by atoms with Crippen molar-refractivity contribution >= 4 is 5.91 Å². The lowest BCUT2D eigenvalue weighted by Crippen LogP contribution is -2.42. The molecule has 0 spiro atoms. The average Bonchev–Trinajstić information content (AvgIpc) is 2.39. The van der Waals surface area contributed by atoms with E-state index in [0.29, 0.717) is 31.0 Å². The first-order valence-corrected chi connectivity index (χ1v) is 6.41. The molecule has 2 rings (SSSR count). The molecule has 1 atom stereocenters. The number of benzene rings is 1. The van der Waals surface area contributed by atoms with Gasteiger partial charge in [-0.3, -0.25) is 4.79 Å². The molecule has 1 aromatic rings. The summed E-state index contributed by atoms with van der Waals surface area (Å²) >= 11 is 0. The predicted octanol–water partition coefficient (Wildman–Crippen LogP) is 1.68. The first-order chi connectivity index (χ1) is 8.72. The topological polar surface area (TPSA) is 49.8 Å². The summed E-state index contributed by atoms with van der Waals surface area (Å²) in [6.45, 7) is 3.55. The Labute approximate surface area is 107 Å². The second-order valence-electron chi connectivity index (χ2n) is 4.48. The zero-order valence-corrected chi connectivity index (χ0v) is 10.6. The van der Waals surface area contributed by atoms with Crippen molar-refractivity contribution in [2.24, 2.45) is 0 Å². The van der Waals surface area contributed by atoms with Crippen LogP contribution in [-0.4, -0.2) is 41.7 Å². The third-order valence-electron chi connectivity index (χ3n) is 3.10. The predicted molar refractivity (Wildman–Crippen MR) is 68.8 cm³/mol. The summed E-state index contributed by atoms with van der Waals surface area (Å²) in [5.74, 6) is 0.558. The van der Waals surface area contributed by atoms with Gasteiger partial charge in [0.05, 0.1) is 18.3 Å². The molecule has 1 saturated heterocycles. The monoisotopic (exact) mass is 249 g/mol. The van der Waals surface area contributed by atoms with Crippen LogP contribution in [0.4, 0.5) is 0 Å². The maximum atomic E-state index is 12.4. The number of β-amino-alcohol motifs (C(OH)–C–C–N with tert-alkyl or cyclic N) is 1. The third-order valence-corrected chi connectivity index (χ3v) is 3.10. The maximum Gasteiger partial charge on any atom is 0.257 e. The number of ether oxygens (including phenoxy) is 1. The second-order valence-corrected chi connectivity index (χ2v) is 4.48. The van der Waals surface area contributed by atoms with Crippen LogP contribution in [0.3, 0.4) is 0 Å². The zero-order valence-electron chi connectivity index (χ0n) is 10.6. The van der Waals surface area contributed by atoms with Crippen LogP contribution in [0.15, 0.2) is 24.3 Å². The molecule has 0 radical (unpaired) electrons. The molecule has 1 amide bonds. The van der Waals surface area contributed by atoms with E-state index in [1.807, 2.05) is 19.1 Å². The highest BCUT2D eigenvalue weighted by molar-refractivity contribution is 5.97. The number of carbonyl (C=O) groups is 1. The van der Waals surface area contributed by atoms with Crippen LogP contribution in [0.25, 0.3) is 0 Å². The molecule has 0 bridgehead atoms. The fraction of sp³-hybridized carbons (Fsp3) is 0.500. The number of para-hydroxylation sites is 1. The largest absolute Gasteiger partial charge is 0.493 e. The van der Waals surface area contributed by atoms with Crippen molar-refractivity contribution in [3.05, 3.63) is 29.8 Å². The number of hydrogen-bond donors (Lipinski definition) is 1. The van der Waals surface area contributed by atoms with E-state index in [0.717, 1.165) is 12.8 Å². The van der Waals surface area contributed by atoms with Crippen LogP contribution in [0.5, 0.6) is 5.75 Å². The number of hydrogen-bond acceptors (Lipinski definition) is 3. The molecule has 1 fully saturated rings. The lowest BCUT2D eigenvalue weighted by atomic mass is 10.1. The van der Waals surface area contributed by atoms with Crippen molar-refractivity contribution in [2.75, 3.05) is 19.7 Å². The van der Waals surface area contributed by atoms with Crippen LogP contribution in [-0.2, 0) is 0 Å². The molecule has 0 unspecified atom stereocenters. The summed E-state index contributed by atoms with van der Waals surface area (Å²) in [5.41, 5.74) is 0.577. The molecule has 1 aromatic carbocycles. The van der Waals surface area contributed by atoms with E-state index < -0.39 is 6.10 Å². The number of aliphatic hydroxyl groups is 1. The van der Waals surface area contributed by atoms with Crippen molar-refractivity contribution < 1.29 is 14.6 Å². The van der Waals surface area contributed by atoms with E-state index in [-0.39, 0.29) is 5.91 Å². The Bertz CT molecular complexity index is 419. The Morgan fingerprint density at radius 2 is 2.28 bits per heavy atom. The van der Waals surface area contributed by atoms with Gasteiger partial charge < -0.3 is 14.7 Å². The van der Waals surface area contributed by atoms with Crippen molar-refractivity contribution in [1.82, 2.24) is 4.90 Å². The minimum atomic E-state index is -0.401. The summed E-state index contributed by atoms with van der Waals surface area (Å²) in [6.07, 6.45) is 1.22. The molecular weight excluding hydrogens is 230 g/mol. The Balaban J connectivity index is 2.17. The van der Waals surface area contributed by atoms with E-state index >= 15 is 0 Å². The molecular formula is C14H19NO3. The molecule has 1 N–H and O–H groups in total. The van der Waals surface area contributed by atoms with Crippen LogP contribution in [0.2, 0.25) is 0 Å². The Hall–Kier alpha value is -1.55. The third kappa shape index (κ3) is 2.82. The first kappa shape index (κ1) is 12.9. The number of piperidine rings is 1. The second kappa shape index (κ2) is 5.87.